The minimum atomic E-state index is 0.441. The van der Waals surface area contributed by atoms with E-state index in [1.54, 1.807) is 0 Å². The maximum Gasteiger partial charge on any atom is 0.108 e. The summed E-state index contributed by atoms with van der Waals surface area (Å²) in [6.07, 6.45) is 0. The van der Waals surface area contributed by atoms with Crippen LogP contribution in [0.15, 0.2) is 4.99 Å². The van der Waals surface area contributed by atoms with Crippen LogP contribution < -0.4 is 5.73 Å². The molecule has 76 valence electrons. The Morgan fingerprint density at radius 3 is 2.69 bits per heavy atom. The minimum Gasteiger partial charge on any atom is -0.387 e. The van der Waals surface area contributed by atoms with E-state index in [4.69, 9.17) is 5.73 Å². The molecule has 1 aliphatic heterocycles. The molecule has 3 unspecified atom stereocenters. The van der Waals surface area contributed by atoms with Crippen LogP contribution in [0.2, 0.25) is 0 Å². The van der Waals surface area contributed by atoms with Gasteiger partial charge in [-0.1, -0.05) is 13.8 Å². The molecule has 0 aromatic heterocycles. The Morgan fingerprint density at radius 2 is 2.15 bits per heavy atom. The Bertz CT molecular complexity index is 194. The first kappa shape index (κ1) is 11.2. The van der Waals surface area contributed by atoms with Crippen molar-refractivity contribution in [3.63, 3.8) is 0 Å². The Hall–Kier alpha value is 0.170. The summed E-state index contributed by atoms with van der Waals surface area (Å²) in [5, 5.41) is 1.88. The van der Waals surface area contributed by atoms with Crippen molar-refractivity contribution in [2.24, 2.45) is 10.7 Å². The number of nitrogens with zero attached hydrogens (tertiary/aromatic N) is 1. The first-order chi connectivity index (χ1) is 6.15. The number of thioether (sulfide) groups is 2. The molecule has 3 atom stereocenters. The van der Waals surface area contributed by atoms with Crippen molar-refractivity contribution in [1.29, 1.82) is 0 Å². The van der Waals surface area contributed by atoms with Crippen LogP contribution in [-0.4, -0.2) is 33.9 Å². The topological polar surface area (TPSA) is 38.4 Å². The number of aliphatic imine (C=N–C) groups is 1. The second kappa shape index (κ2) is 5.15. The summed E-state index contributed by atoms with van der Waals surface area (Å²) < 4.78 is 0. The van der Waals surface area contributed by atoms with Crippen molar-refractivity contribution < 1.29 is 0 Å². The van der Waals surface area contributed by atoms with Crippen LogP contribution in [0.1, 0.15) is 20.8 Å². The van der Waals surface area contributed by atoms with Gasteiger partial charge in [0.15, 0.2) is 0 Å². The van der Waals surface area contributed by atoms with Crippen LogP contribution in [0.3, 0.4) is 0 Å². The molecule has 1 fully saturated rings. The summed E-state index contributed by atoms with van der Waals surface area (Å²) in [7, 11) is 0. The average molecular weight is 218 g/mol. The third kappa shape index (κ3) is 3.09. The molecule has 4 heteroatoms. The van der Waals surface area contributed by atoms with Crippen molar-refractivity contribution in [3.8, 4) is 0 Å². The highest BCUT2D eigenvalue weighted by Crippen LogP contribution is 2.35. The smallest absolute Gasteiger partial charge is 0.108 e. The zero-order chi connectivity index (χ0) is 9.84. The van der Waals surface area contributed by atoms with E-state index in [0.29, 0.717) is 10.5 Å². The van der Waals surface area contributed by atoms with Gasteiger partial charge in [0.2, 0.25) is 0 Å². The van der Waals surface area contributed by atoms with Crippen LogP contribution in [0, 0.1) is 0 Å². The quantitative estimate of drug-likeness (QED) is 0.569. The van der Waals surface area contributed by atoms with Crippen molar-refractivity contribution in [2.45, 2.75) is 36.5 Å². The second-order valence-electron chi connectivity index (χ2n) is 3.27. The minimum absolute atomic E-state index is 0.441. The molecule has 1 saturated heterocycles. The van der Waals surface area contributed by atoms with E-state index in [-0.39, 0.29) is 0 Å². The van der Waals surface area contributed by atoms with Crippen LogP contribution >= 0.6 is 23.5 Å². The van der Waals surface area contributed by atoms with Gasteiger partial charge in [-0.15, -0.1) is 11.8 Å². The lowest BCUT2D eigenvalue weighted by Gasteiger charge is -2.30. The van der Waals surface area contributed by atoms with Crippen LogP contribution in [0.25, 0.3) is 0 Å². The van der Waals surface area contributed by atoms with E-state index >= 15 is 0 Å². The molecule has 1 aliphatic rings. The molecule has 0 amide bonds. The predicted octanol–water partition coefficient (Wildman–Crippen LogP) is 1.99. The molecule has 0 radical (unpaired) electrons. The van der Waals surface area contributed by atoms with Crippen molar-refractivity contribution in [2.75, 3.05) is 12.3 Å². The van der Waals surface area contributed by atoms with Gasteiger partial charge in [-0.05, 0) is 6.92 Å². The van der Waals surface area contributed by atoms with Gasteiger partial charge in [0.05, 0.1) is 5.25 Å². The molecule has 1 heterocycles. The normalized spacial score (nSPS) is 36.2. The first-order valence-corrected chi connectivity index (χ1v) is 6.71. The summed E-state index contributed by atoms with van der Waals surface area (Å²) >= 11 is 3.97. The lowest BCUT2D eigenvalue weighted by molar-refractivity contribution is 0.909. The third-order valence-corrected chi connectivity index (χ3v) is 5.64. The lowest BCUT2D eigenvalue weighted by Crippen LogP contribution is -2.36. The molecular weight excluding hydrogens is 200 g/mol. The fourth-order valence-corrected chi connectivity index (χ4v) is 4.07. The van der Waals surface area contributed by atoms with Gasteiger partial charge < -0.3 is 5.73 Å². The van der Waals surface area contributed by atoms with E-state index in [1.165, 1.54) is 0 Å². The number of rotatable bonds is 2. The monoisotopic (exact) mass is 218 g/mol. The maximum atomic E-state index is 5.88. The molecule has 0 aromatic carbocycles. The van der Waals surface area contributed by atoms with Gasteiger partial charge in [-0.25, -0.2) is 0 Å². The van der Waals surface area contributed by atoms with Crippen LogP contribution in [0.4, 0.5) is 0 Å². The lowest BCUT2D eigenvalue weighted by atomic mass is 10.3. The fraction of sp³-hybridized carbons (Fsp3) is 0.889. The van der Waals surface area contributed by atoms with E-state index in [9.17, 15) is 0 Å². The van der Waals surface area contributed by atoms with Gasteiger partial charge in [0, 0.05) is 22.8 Å². The summed E-state index contributed by atoms with van der Waals surface area (Å²) in [5.41, 5.74) is 5.88. The SMILES string of the molecule is CCN=C(N)C1CSC(C)C(C)S1. The average Bonchev–Trinajstić information content (AvgIpc) is 2.10. The largest absolute Gasteiger partial charge is 0.387 e. The van der Waals surface area contributed by atoms with Crippen molar-refractivity contribution >= 4 is 29.4 Å². The molecule has 0 bridgehead atoms. The highest BCUT2D eigenvalue weighted by atomic mass is 32.2. The zero-order valence-electron chi connectivity index (χ0n) is 8.49. The van der Waals surface area contributed by atoms with E-state index in [1.807, 2.05) is 30.4 Å². The highest BCUT2D eigenvalue weighted by molar-refractivity contribution is 8.08. The Kier molecular flexibility index (Phi) is 4.46. The molecule has 0 aromatic rings. The molecular formula is C9H18N2S2. The molecule has 0 spiro atoms. The van der Waals surface area contributed by atoms with E-state index in [0.717, 1.165) is 23.4 Å². The summed E-state index contributed by atoms with van der Waals surface area (Å²) in [6.45, 7) is 7.39. The van der Waals surface area contributed by atoms with Crippen molar-refractivity contribution in [1.82, 2.24) is 0 Å². The fourth-order valence-electron chi connectivity index (χ4n) is 1.22. The molecule has 0 aliphatic carbocycles. The van der Waals surface area contributed by atoms with E-state index < -0.39 is 0 Å². The Morgan fingerprint density at radius 1 is 1.46 bits per heavy atom. The van der Waals surface area contributed by atoms with Gasteiger partial charge in [0.25, 0.3) is 0 Å². The van der Waals surface area contributed by atoms with Gasteiger partial charge in [0.1, 0.15) is 5.84 Å². The Labute approximate surface area is 89.1 Å². The van der Waals surface area contributed by atoms with Gasteiger partial charge >= 0.3 is 0 Å². The summed E-state index contributed by atoms with van der Waals surface area (Å²) in [5.74, 6) is 1.95. The zero-order valence-corrected chi connectivity index (χ0v) is 10.1. The van der Waals surface area contributed by atoms with E-state index in [2.05, 4.69) is 18.8 Å². The second-order valence-corrected chi connectivity index (χ2v) is 6.26. The number of nitrogens with two attached hydrogens (primary N) is 1. The molecule has 13 heavy (non-hydrogen) atoms. The van der Waals surface area contributed by atoms with Crippen LogP contribution in [0.5, 0.6) is 0 Å². The molecule has 0 saturated carbocycles. The standard InChI is InChI=1S/C9H18N2S2/c1-4-11-9(10)8-5-12-6(2)7(3)13-8/h6-8H,4-5H2,1-3H3,(H2,10,11). The number of amidine groups is 1. The molecule has 1 rings (SSSR count). The van der Waals surface area contributed by atoms with Crippen molar-refractivity contribution in [3.05, 3.63) is 0 Å². The van der Waals surface area contributed by atoms with Gasteiger partial charge in [-0.2, -0.15) is 11.8 Å². The van der Waals surface area contributed by atoms with Gasteiger partial charge in [-0.3, -0.25) is 4.99 Å². The maximum absolute atomic E-state index is 5.88. The Balaban J connectivity index is 2.50. The molecule has 2 nitrogen and oxygen atoms in total. The highest BCUT2D eigenvalue weighted by Gasteiger charge is 2.27. The number of hydrogen-bond acceptors (Lipinski definition) is 3. The first-order valence-electron chi connectivity index (χ1n) is 4.72. The molecule has 2 N–H and O–H groups in total. The summed E-state index contributed by atoms with van der Waals surface area (Å²) in [6, 6.07) is 0. The number of hydrogen-bond donors (Lipinski definition) is 1. The third-order valence-electron chi connectivity index (χ3n) is 2.22. The van der Waals surface area contributed by atoms with Crippen LogP contribution in [-0.2, 0) is 0 Å². The summed E-state index contributed by atoms with van der Waals surface area (Å²) in [4.78, 5) is 4.27. The predicted molar refractivity (Wildman–Crippen MR) is 64.9 cm³/mol.